The van der Waals surface area contributed by atoms with E-state index in [1.54, 1.807) is 0 Å². The zero-order chi connectivity index (χ0) is 19.8. The third-order valence-electron chi connectivity index (χ3n) is 5.02. The van der Waals surface area contributed by atoms with Gasteiger partial charge in [-0.25, -0.2) is 4.79 Å². The fourth-order valence-electron chi connectivity index (χ4n) is 3.37. The van der Waals surface area contributed by atoms with E-state index in [9.17, 15) is 9.59 Å². The Hall–Kier alpha value is -1.79. The molecule has 158 valence electrons. The van der Waals surface area contributed by atoms with E-state index in [0.717, 1.165) is 31.2 Å². The van der Waals surface area contributed by atoms with Crippen LogP contribution >= 0.6 is 12.4 Å². The monoisotopic (exact) mass is 410 g/mol. The first kappa shape index (κ1) is 24.2. The maximum atomic E-state index is 12.7. The van der Waals surface area contributed by atoms with Crippen LogP contribution < -0.4 is 21.7 Å². The number of hydrogen-bond donors (Lipinski definition) is 4. The highest BCUT2D eigenvalue weighted by molar-refractivity contribution is 5.87. The van der Waals surface area contributed by atoms with Crippen molar-refractivity contribution in [2.24, 2.45) is 11.7 Å². The van der Waals surface area contributed by atoms with Crippen LogP contribution in [0.1, 0.15) is 57.1 Å². The summed E-state index contributed by atoms with van der Waals surface area (Å²) in [5, 5.41) is 8.77. The number of nitrogens with one attached hydrogen (secondary N) is 3. The number of carbonyl (C=O) groups excluding carboxylic acids is 2. The molecule has 7 heteroatoms. The van der Waals surface area contributed by atoms with Crippen molar-refractivity contribution < 1.29 is 9.59 Å². The molecule has 1 unspecified atom stereocenters. The molecule has 1 aromatic carbocycles. The molecule has 0 saturated heterocycles. The fourth-order valence-corrected chi connectivity index (χ4v) is 3.37. The van der Waals surface area contributed by atoms with Gasteiger partial charge in [0.05, 0.1) is 0 Å². The average molecular weight is 411 g/mol. The Morgan fingerprint density at radius 2 is 1.71 bits per heavy atom. The van der Waals surface area contributed by atoms with Gasteiger partial charge in [-0.2, -0.15) is 0 Å². The van der Waals surface area contributed by atoms with Crippen molar-refractivity contribution in [3.8, 4) is 0 Å². The summed E-state index contributed by atoms with van der Waals surface area (Å²) in [6.07, 6.45) is 4.28. The molecule has 1 atom stereocenters. The predicted octanol–water partition coefficient (Wildman–Crippen LogP) is 3.02. The van der Waals surface area contributed by atoms with Gasteiger partial charge in [-0.05, 0) is 50.5 Å². The molecule has 5 N–H and O–H groups in total. The molecular weight excluding hydrogens is 376 g/mol. The van der Waals surface area contributed by atoms with Crippen LogP contribution in [0.4, 0.5) is 4.79 Å². The van der Waals surface area contributed by atoms with Gasteiger partial charge in [0.1, 0.15) is 6.04 Å². The lowest BCUT2D eigenvalue weighted by atomic mass is 9.91. The number of hydrogen-bond acceptors (Lipinski definition) is 3. The quantitative estimate of drug-likeness (QED) is 0.556. The maximum Gasteiger partial charge on any atom is 0.315 e. The molecular formula is C21H35ClN4O2. The summed E-state index contributed by atoms with van der Waals surface area (Å²) >= 11 is 0. The first-order valence-electron chi connectivity index (χ1n) is 9.99. The smallest absolute Gasteiger partial charge is 0.315 e. The zero-order valence-electron chi connectivity index (χ0n) is 17.2. The zero-order valence-corrected chi connectivity index (χ0v) is 18.0. The van der Waals surface area contributed by atoms with E-state index < -0.39 is 6.04 Å². The highest BCUT2D eigenvalue weighted by atomic mass is 35.5. The summed E-state index contributed by atoms with van der Waals surface area (Å²) in [7, 11) is 0. The van der Waals surface area contributed by atoms with Crippen LogP contribution in [0.3, 0.4) is 0 Å². The van der Waals surface area contributed by atoms with Gasteiger partial charge in [-0.3, -0.25) is 4.79 Å². The fraction of sp³-hybridized carbons (Fsp3) is 0.619. The highest BCUT2D eigenvalue weighted by Crippen LogP contribution is 2.17. The minimum absolute atomic E-state index is 0. The normalized spacial score (nSPS) is 20.0. The number of carbonyl (C=O) groups is 2. The number of aryl methyl sites for hydroxylation is 1. The van der Waals surface area contributed by atoms with E-state index >= 15 is 0 Å². The number of urea groups is 1. The van der Waals surface area contributed by atoms with Crippen molar-refractivity contribution >= 4 is 24.3 Å². The van der Waals surface area contributed by atoms with Gasteiger partial charge in [-0.15, -0.1) is 12.4 Å². The van der Waals surface area contributed by atoms with E-state index in [1.165, 1.54) is 5.56 Å². The van der Waals surface area contributed by atoms with Crippen LogP contribution in [-0.4, -0.2) is 30.1 Å². The number of benzene rings is 1. The molecule has 0 spiro atoms. The second-order valence-corrected chi connectivity index (χ2v) is 8.12. The SMILES string of the molecule is Cc1ccc(CNC(=O)NC(CC(C)C)C(=O)NC2CCC(N)CC2)cc1.Cl. The molecule has 6 nitrogen and oxygen atoms in total. The first-order chi connectivity index (χ1) is 12.8. The van der Waals surface area contributed by atoms with Crippen molar-refractivity contribution in [1.82, 2.24) is 16.0 Å². The van der Waals surface area contributed by atoms with Crippen molar-refractivity contribution in [1.29, 1.82) is 0 Å². The molecule has 0 bridgehead atoms. The van der Waals surface area contributed by atoms with Crippen molar-refractivity contribution in [2.45, 2.75) is 77.5 Å². The van der Waals surface area contributed by atoms with E-state index in [4.69, 9.17) is 5.73 Å². The lowest BCUT2D eigenvalue weighted by Crippen LogP contribution is -2.53. The third-order valence-corrected chi connectivity index (χ3v) is 5.02. The summed E-state index contributed by atoms with van der Waals surface area (Å²) in [4.78, 5) is 25.0. The summed E-state index contributed by atoms with van der Waals surface area (Å²) < 4.78 is 0. The molecule has 0 aromatic heterocycles. The van der Waals surface area contributed by atoms with Gasteiger partial charge in [0.15, 0.2) is 0 Å². The summed E-state index contributed by atoms with van der Waals surface area (Å²) in [5.41, 5.74) is 8.14. The van der Waals surface area contributed by atoms with Gasteiger partial charge >= 0.3 is 6.03 Å². The Labute approximate surface area is 174 Å². The van der Waals surface area contributed by atoms with Crippen LogP contribution in [0.25, 0.3) is 0 Å². The molecule has 0 heterocycles. The lowest BCUT2D eigenvalue weighted by molar-refractivity contribution is -0.124. The van der Waals surface area contributed by atoms with Gasteiger partial charge in [0, 0.05) is 18.6 Å². The van der Waals surface area contributed by atoms with Gasteiger partial charge in [0.2, 0.25) is 5.91 Å². The number of halogens is 1. The molecule has 28 heavy (non-hydrogen) atoms. The van der Waals surface area contributed by atoms with Crippen LogP contribution in [0.15, 0.2) is 24.3 Å². The molecule has 2 rings (SSSR count). The average Bonchev–Trinajstić information content (AvgIpc) is 2.62. The molecule has 1 aliphatic rings. The maximum absolute atomic E-state index is 12.7. The van der Waals surface area contributed by atoms with E-state index in [-0.39, 0.29) is 36.4 Å². The molecule has 1 aliphatic carbocycles. The van der Waals surface area contributed by atoms with Crippen molar-refractivity contribution in [2.75, 3.05) is 0 Å². The molecule has 3 amide bonds. The predicted molar refractivity (Wildman–Crippen MR) is 115 cm³/mol. The summed E-state index contributed by atoms with van der Waals surface area (Å²) in [6, 6.07) is 7.56. The van der Waals surface area contributed by atoms with Crippen molar-refractivity contribution in [3.63, 3.8) is 0 Å². The molecule has 1 fully saturated rings. The molecule has 1 saturated carbocycles. The Bertz CT molecular complexity index is 613. The van der Waals surface area contributed by atoms with Crippen LogP contribution in [-0.2, 0) is 11.3 Å². The highest BCUT2D eigenvalue weighted by Gasteiger charge is 2.26. The molecule has 0 radical (unpaired) electrons. The topological polar surface area (TPSA) is 96.2 Å². The molecule has 0 aliphatic heterocycles. The first-order valence-corrected chi connectivity index (χ1v) is 9.99. The third kappa shape index (κ3) is 8.48. The van der Waals surface area contributed by atoms with Gasteiger partial charge in [-0.1, -0.05) is 43.7 Å². The largest absolute Gasteiger partial charge is 0.352 e. The van der Waals surface area contributed by atoms with E-state index in [2.05, 4.69) is 16.0 Å². The van der Waals surface area contributed by atoms with Crippen LogP contribution in [0.5, 0.6) is 0 Å². The van der Waals surface area contributed by atoms with Crippen LogP contribution in [0.2, 0.25) is 0 Å². The van der Waals surface area contributed by atoms with Gasteiger partial charge < -0.3 is 21.7 Å². The Morgan fingerprint density at radius 3 is 2.29 bits per heavy atom. The lowest BCUT2D eigenvalue weighted by Gasteiger charge is -2.29. The van der Waals surface area contributed by atoms with Gasteiger partial charge in [0.25, 0.3) is 0 Å². The van der Waals surface area contributed by atoms with Crippen LogP contribution in [0, 0.1) is 12.8 Å². The number of rotatable bonds is 7. The second-order valence-electron chi connectivity index (χ2n) is 8.12. The Balaban J connectivity index is 0.00000392. The second kappa shape index (κ2) is 11.9. The number of amides is 3. The Kier molecular flexibility index (Phi) is 10.3. The summed E-state index contributed by atoms with van der Waals surface area (Å²) in [6.45, 7) is 6.55. The standard InChI is InChI=1S/C21H34N4O2.ClH/c1-14(2)12-19(20(26)24-18-10-8-17(22)9-11-18)25-21(27)23-13-16-6-4-15(3)5-7-16;/h4-7,14,17-19H,8-13,22H2,1-3H3,(H,24,26)(H2,23,25,27);1H. The molecule has 1 aromatic rings. The number of nitrogens with two attached hydrogens (primary N) is 1. The van der Waals surface area contributed by atoms with E-state index in [1.807, 2.05) is 45.0 Å². The van der Waals surface area contributed by atoms with E-state index in [0.29, 0.717) is 18.9 Å². The minimum atomic E-state index is -0.529. The Morgan fingerprint density at radius 1 is 1.11 bits per heavy atom. The minimum Gasteiger partial charge on any atom is -0.352 e. The summed E-state index contributed by atoms with van der Waals surface area (Å²) in [5.74, 6) is 0.201. The van der Waals surface area contributed by atoms with Crippen molar-refractivity contribution in [3.05, 3.63) is 35.4 Å².